The van der Waals surface area contributed by atoms with Crippen LogP contribution in [0.2, 0.25) is 0 Å². The summed E-state index contributed by atoms with van der Waals surface area (Å²) in [5.41, 5.74) is 0. The van der Waals surface area contributed by atoms with Crippen LogP contribution in [0.4, 0.5) is 0 Å². The van der Waals surface area contributed by atoms with Gasteiger partial charge in [-0.3, -0.25) is 4.79 Å². The molecule has 0 aromatic carbocycles. The molecule has 0 bridgehead atoms. The molecule has 4 heteroatoms. The zero-order valence-electron chi connectivity index (χ0n) is 8.90. The maximum absolute atomic E-state index is 11.6. The Balaban J connectivity index is 2.25. The predicted octanol–water partition coefficient (Wildman–Crippen LogP) is 0.395. The molecular formula is C10H19NO3. The monoisotopic (exact) mass is 201 g/mol. The molecule has 1 amide bonds. The van der Waals surface area contributed by atoms with Crippen molar-refractivity contribution in [2.75, 3.05) is 20.2 Å². The summed E-state index contributed by atoms with van der Waals surface area (Å²) in [5.74, 6) is 0.130. The van der Waals surface area contributed by atoms with Gasteiger partial charge in [0.2, 0.25) is 5.91 Å². The highest BCUT2D eigenvalue weighted by Crippen LogP contribution is 2.13. The number of amides is 1. The van der Waals surface area contributed by atoms with Gasteiger partial charge in [-0.15, -0.1) is 0 Å². The quantitative estimate of drug-likeness (QED) is 0.716. The Bertz CT molecular complexity index is 194. The summed E-state index contributed by atoms with van der Waals surface area (Å²) in [6.07, 6.45) is 1.73. The van der Waals surface area contributed by atoms with Crippen molar-refractivity contribution in [2.45, 2.75) is 38.4 Å². The third kappa shape index (κ3) is 3.27. The fourth-order valence-corrected chi connectivity index (χ4v) is 1.64. The molecule has 1 aliphatic heterocycles. The number of aliphatic hydroxyl groups is 1. The van der Waals surface area contributed by atoms with Crippen LogP contribution in [0.15, 0.2) is 0 Å². The lowest BCUT2D eigenvalue weighted by atomic mass is 10.2. The van der Waals surface area contributed by atoms with E-state index in [1.807, 2.05) is 4.90 Å². The second kappa shape index (κ2) is 5.32. The highest BCUT2D eigenvalue weighted by Gasteiger charge is 2.25. The number of carbonyl (C=O) groups is 1. The normalized spacial score (nSPS) is 23.9. The Hall–Kier alpha value is -0.610. The molecular weight excluding hydrogens is 182 g/mol. The van der Waals surface area contributed by atoms with Crippen LogP contribution in [0.1, 0.15) is 26.2 Å². The minimum atomic E-state index is -0.389. The summed E-state index contributed by atoms with van der Waals surface area (Å²) in [6, 6.07) is 0. The molecule has 1 heterocycles. The van der Waals surface area contributed by atoms with Gasteiger partial charge in [0, 0.05) is 26.6 Å². The van der Waals surface area contributed by atoms with E-state index in [-0.39, 0.29) is 18.1 Å². The maximum Gasteiger partial charge on any atom is 0.222 e. The number of nitrogens with zero attached hydrogens (tertiary/aromatic N) is 1. The fourth-order valence-electron chi connectivity index (χ4n) is 1.64. The molecule has 14 heavy (non-hydrogen) atoms. The Labute approximate surface area is 84.8 Å². The van der Waals surface area contributed by atoms with Crippen LogP contribution < -0.4 is 0 Å². The molecule has 0 spiro atoms. The zero-order valence-corrected chi connectivity index (χ0v) is 8.90. The minimum Gasteiger partial charge on any atom is -0.393 e. The Morgan fingerprint density at radius 1 is 1.71 bits per heavy atom. The van der Waals surface area contributed by atoms with Gasteiger partial charge in [-0.2, -0.15) is 0 Å². The first-order valence-electron chi connectivity index (χ1n) is 5.12. The summed E-state index contributed by atoms with van der Waals surface area (Å²) >= 11 is 0. The molecule has 1 rings (SSSR count). The van der Waals surface area contributed by atoms with Gasteiger partial charge in [0.25, 0.3) is 0 Å². The van der Waals surface area contributed by atoms with Gasteiger partial charge in [-0.05, 0) is 19.8 Å². The molecule has 4 nitrogen and oxygen atoms in total. The van der Waals surface area contributed by atoms with Crippen molar-refractivity contribution in [3.8, 4) is 0 Å². The predicted molar refractivity (Wildman–Crippen MR) is 52.9 cm³/mol. The number of hydrogen-bond acceptors (Lipinski definition) is 3. The molecule has 0 aliphatic carbocycles. The van der Waals surface area contributed by atoms with E-state index in [9.17, 15) is 4.79 Å². The smallest absolute Gasteiger partial charge is 0.222 e. The second-order valence-electron chi connectivity index (χ2n) is 3.87. The van der Waals surface area contributed by atoms with Crippen LogP contribution in [-0.4, -0.2) is 48.3 Å². The third-order valence-corrected chi connectivity index (χ3v) is 2.61. The van der Waals surface area contributed by atoms with Gasteiger partial charge in [-0.25, -0.2) is 0 Å². The lowest BCUT2D eigenvalue weighted by Crippen LogP contribution is -2.30. The van der Waals surface area contributed by atoms with Crippen LogP contribution in [0.5, 0.6) is 0 Å². The van der Waals surface area contributed by atoms with E-state index >= 15 is 0 Å². The first-order valence-corrected chi connectivity index (χ1v) is 5.12. The van der Waals surface area contributed by atoms with E-state index < -0.39 is 0 Å². The van der Waals surface area contributed by atoms with Crippen molar-refractivity contribution in [3.63, 3.8) is 0 Å². The van der Waals surface area contributed by atoms with Gasteiger partial charge in [0.05, 0.1) is 12.2 Å². The molecule has 2 atom stereocenters. The largest absolute Gasteiger partial charge is 0.393 e. The molecule has 1 aliphatic rings. The Kier molecular flexibility index (Phi) is 4.35. The van der Waals surface area contributed by atoms with Crippen LogP contribution in [0, 0.1) is 0 Å². The molecule has 1 fully saturated rings. The lowest BCUT2D eigenvalue weighted by molar-refractivity contribution is -0.131. The van der Waals surface area contributed by atoms with Crippen LogP contribution >= 0.6 is 0 Å². The number of likely N-dealkylation sites (tertiary alicyclic amines) is 1. The average Bonchev–Trinajstić information content (AvgIpc) is 2.62. The molecule has 1 saturated heterocycles. The number of ether oxygens (including phenoxy) is 1. The molecule has 0 aromatic rings. The topological polar surface area (TPSA) is 49.8 Å². The van der Waals surface area contributed by atoms with E-state index in [0.717, 1.165) is 13.0 Å². The van der Waals surface area contributed by atoms with Gasteiger partial charge < -0.3 is 14.7 Å². The highest BCUT2D eigenvalue weighted by molar-refractivity contribution is 5.76. The van der Waals surface area contributed by atoms with Crippen molar-refractivity contribution >= 4 is 5.91 Å². The van der Waals surface area contributed by atoms with Gasteiger partial charge in [0.1, 0.15) is 0 Å². The van der Waals surface area contributed by atoms with Crippen molar-refractivity contribution in [1.82, 2.24) is 4.90 Å². The van der Waals surface area contributed by atoms with Gasteiger partial charge in [-0.1, -0.05) is 0 Å². The van der Waals surface area contributed by atoms with Gasteiger partial charge >= 0.3 is 0 Å². The summed E-state index contributed by atoms with van der Waals surface area (Å²) in [6.45, 7) is 3.20. The van der Waals surface area contributed by atoms with Crippen LogP contribution in [0.3, 0.4) is 0 Å². The molecule has 0 saturated carbocycles. The molecule has 2 unspecified atom stereocenters. The summed E-state index contributed by atoms with van der Waals surface area (Å²) in [5, 5.41) is 9.05. The maximum atomic E-state index is 11.6. The zero-order chi connectivity index (χ0) is 10.6. The molecule has 1 N–H and O–H groups in total. The van der Waals surface area contributed by atoms with E-state index in [4.69, 9.17) is 9.84 Å². The fraction of sp³-hybridized carbons (Fsp3) is 0.900. The van der Waals surface area contributed by atoms with E-state index in [0.29, 0.717) is 19.4 Å². The number of hydrogen-bond donors (Lipinski definition) is 1. The summed E-state index contributed by atoms with van der Waals surface area (Å²) in [4.78, 5) is 13.4. The van der Waals surface area contributed by atoms with Crippen LogP contribution in [0.25, 0.3) is 0 Å². The Morgan fingerprint density at radius 3 is 2.93 bits per heavy atom. The average molecular weight is 201 g/mol. The highest BCUT2D eigenvalue weighted by atomic mass is 16.5. The standard InChI is InChI=1S/C10H19NO3/c1-8(12)3-4-10(13)11-6-5-9(7-11)14-2/h8-9,12H,3-7H2,1-2H3. The summed E-state index contributed by atoms with van der Waals surface area (Å²) < 4.78 is 5.17. The van der Waals surface area contributed by atoms with Crippen molar-refractivity contribution < 1.29 is 14.6 Å². The first-order chi connectivity index (χ1) is 6.63. The third-order valence-electron chi connectivity index (χ3n) is 2.61. The number of aliphatic hydroxyl groups excluding tert-OH is 1. The van der Waals surface area contributed by atoms with E-state index in [2.05, 4.69) is 0 Å². The first kappa shape index (κ1) is 11.5. The number of carbonyl (C=O) groups excluding carboxylic acids is 1. The van der Waals surface area contributed by atoms with Crippen LogP contribution in [-0.2, 0) is 9.53 Å². The van der Waals surface area contributed by atoms with Crippen molar-refractivity contribution in [3.05, 3.63) is 0 Å². The Morgan fingerprint density at radius 2 is 2.43 bits per heavy atom. The molecule has 0 radical (unpaired) electrons. The number of methoxy groups -OCH3 is 1. The molecule has 0 aromatic heterocycles. The van der Waals surface area contributed by atoms with E-state index in [1.54, 1.807) is 14.0 Å². The van der Waals surface area contributed by atoms with Crippen molar-refractivity contribution in [1.29, 1.82) is 0 Å². The minimum absolute atomic E-state index is 0.130. The van der Waals surface area contributed by atoms with Crippen molar-refractivity contribution in [2.24, 2.45) is 0 Å². The summed E-state index contributed by atoms with van der Waals surface area (Å²) in [7, 11) is 1.68. The lowest BCUT2D eigenvalue weighted by Gasteiger charge is -2.16. The molecule has 82 valence electrons. The van der Waals surface area contributed by atoms with E-state index in [1.165, 1.54) is 0 Å². The second-order valence-corrected chi connectivity index (χ2v) is 3.87. The van der Waals surface area contributed by atoms with Gasteiger partial charge in [0.15, 0.2) is 0 Å². The number of rotatable bonds is 4. The SMILES string of the molecule is COC1CCN(C(=O)CCC(C)O)C1.